The zero-order valence-electron chi connectivity index (χ0n) is 11.4. The molecule has 18 heavy (non-hydrogen) atoms. The van der Waals surface area contributed by atoms with Crippen molar-refractivity contribution in [3.63, 3.8) is 0 Å². The maximum absolute atomic E-state index is 10.3. The van der Waals surface area contributed by atoms with E-state index in [1.165, 1.54) is 20.4 Å². The van der Waals surface area contributed by atoms with Gasteiger partial charge in [-0.15, -0.1) is 0 Å². The van der Waals surface area contributed by atoms with E-state index in [0.29, 0.717) is 18.2 Å². The summed E-state index contributed by atoms with van der Waals surface area (Å²) in [6, 6.07) is 0. The average Bonchev–Trinajstić information content (AvgIpc) is 2.37. The van der Waals surface area contributed by atoms with Crippen LogP contribution in [-0.4, -0.2) is 41.5 Å². The molecule has 0 fully saturated rings. The van der Waals surface area contributed by atoms with Gasteiger partial charge in [-0.2, -0.15) is 4.98 Å². The molecule has 0 aliphatic heterocycles. The van der Waals surface area contributed by atoms with Crippen LogP contribution in [0.15, 0.2) is 6.20 Å². The second-order valence-corrected chi connectivity index (χ2v) is 4.25. The van der Waals surface area contributed by atoms with Crippen LogP contribution in [0.1, 0.15) is 32.6 Å². The van der Waals surface area contributed by atoms with Crippen LogP contribution in [0.25, 0.3) is 0 Å². The molecular weight excluding hydrogens is 236 g/mol. The molecule has 0 spiro atoms. The SMILES string of the molecule is CCOC(C)(C)C(O)c1ncc(OC)nc1OC. The van der Waals surface area contributed by atoms with Crippen molar-refractivity contribution >= 4 is 0 Å². The number of hydrogen-bond donors (Lipinski definition) is 1. The van der Waals surface area contributed by atoms with Crippen LogP contribution >= 0.6 is 0 Å². The predicted molar refractivity (Wildman–Crippen MR) is 65.8 cm³/mol. The van der Waals surface area contributed by atoms with Crippen LogP contribution < -0.4 is 9.47 Å². The van der Waals surface area contributed by atoms with Gasteiger partial charge in [-0.05, 0) is 20.8 Å². The molecule has 1 aromatic heterocycles. The fraction of sp³-hybridized carbons (Fsp3) is 0.667. The molecule has 102 valence electrons. The molecule has 0 saturated heterocycles. The number of methoxy groups -OCH3 is 2. The summed E-state index contributed by atoms with van der Waals surface area (Å²) < 4.78 is 15.6. The normalized spacial score (nSPS) is 13.2. The first-order valence-electron chi connectivity index (χ1n) is 5.73. The van der Waals surface area contributed by atoms with Crippen LogP contribution in [0.4, 0.5) is 0 Å². The van der Waals surface area contributed by atoms with E-state index in [9.17, 15) is 5.11 Å². The van der Waals surface area contributed by atoms with Crippen molar-refractivity contribution in [1.29, 1.82) is 0 Å². The van der Waals surface area contributed by atoms with E-state index >= 15 is 0 Å². The molecule has 0 aromatic carbocycles. The van der Waals surface area contributed by atoms with Gasteiger partial charge in [-0.3, -0.25) is 0 Å². The molecule has 1 rings (SSSR count). The summed E-state index contributed by atoms with van der Waals surface area (Å²) in [5, 5.41) is 10.3. The predicted octanol–water partition coefficient (Wildman–Crippen LogP) is 1.34. The first-order chi connectivity index (χ1) is 8.46. The number of aromatic nitrogens is 2. The third-order valence-corrected chi connectivity index (χ3v) is 2.58. The van der Waals surface area contributed by atoms with Gasteiger partial charge in [0, 0.05) is 6.61 Å². The summed E-state index contributed by atoms with van der Waals surface area (Å²) in [6.45, 7) is 5.93. The van der Waals surface area contributed by atoms with Crippen LogP contribution in [-0.2, 0) is 4.74 Å². The summed E-state index contributed by atoms with van der Waals surface area (Å²) in [6.07, 6.45) is 0.495. The minimum absolute atomic E-state index is 0.231. The summed E-state index contributed by atoms with van der Waals surface area (Å²) in [5.41, 5.74) is -0.442. The van der Waals surface area contributed by atoms with Gasteiger partial charge in [0.1, 0.15) is 11.8 Å². The van der Waals surface area contributed by atoms with Gasteiger partial charge in [-0.25, -0.2) is 4.98 Å². The molecule has 1 N–H and O–H groups in total. The monoisotopic (exact) mass is 256 g/mol. The lowest BCUT2D eigenvalue weighted by Crippen LogP contribution is -2.33. The second-order valence-electron chi connectivity index (χ2n) is 4.25. The summed E-state index contributed by atoms with van der Waals surface area (Å²) in [4.78, 5) is 8.21. The topological polar surface area (TPSA) is 73.7 Å². The number of hydrogen-bond acceptors (Lipinski definition) is 6. The Hall–Kier alpha value is -1.40. The first-order valence-corrected chi connectivity index (χ1v) is 5.73. The van der Waals surface area contributed by atoms with Crippen LogP contribution in [0.2, 0.25) is 0 Å². The van der Waals surface area contributed by atoms with Crippen molar-refractivity contribution in [2.45, 2.75) is 32.5 Å². The highest BCUT2D eigenvalue weighted by Gasteiger charge is 2.33. The highest BCUT2D eigenvalue weighted by molar-refractivity contribution is 5.26. The van der Waals surface area contributed by atoms with E-state index in [0.717, 1.165) is 0 Å². The summed E-state index contributed by atoms with van der Waals surface area (Å²) >= 11 is 0. The number of aliphatic hydroxyl groups is 1. The molecule has 0 bridgehead atoms. The third-order valence-electron chi connectivity index (χ3n) is 2.58. The molecule has 0 saturated carbocycles. The fourth-order valence-electron chi connectivity index (χ4n) is 1.58. The highest BCUT2D eigenvalue weighted by atomic mass is 16.5. The molecule has 0 amide bonds. The lowest BCUT2D eigenvalue weighted by Gasteiger charge is -2.30. The molecule has 6 nitrogen and oxygen atoms in total. The van der Waals surface area contributed by atoms with Gasteiger partial charge < -0.3 is 19.3 Å². The fourth-order valence-corrected chi connectivity index (χ4v) is 1.58. The Labute approximate surface area is 107 Å². The van der Waals surface area contributed by atoms with Crippen molar-refractivity contribution < 1.29 is 19.3 Å². The number of ether oxygens (including phenoxy) is 3. The number of aliphatic hydroxyl groups excluding tert-OH is 1. The Morgan fingerprint density at radius 3 is 2.50 bits per heavy atom. The Kier molecular flexibility index (Phi) is 4.86. The van der Waals surface area contributed by atoms with Gasteiger partial charge in [0.05, 0.1) is 26.0 Å². The van der Waals surface area contributed by atoms with Crippen LogP contribution in [0, 0.1) is 0 Å². The van der Waals surface area contributed by atoms with E-state index in [1.54, 1.807) is 13.8 Å². The van der Waals surface area contributed by atoms with E-state index in [4.69, 9.17) is 14.2 Å². The average molecular weight is 256 g/mol. The highest BCUT2D eigenvalue weighted by Crippen LogP contribution is 2.32. The maximum Gasteiger partial charge on any atom is 0.241 e. The lowest BCUT2D eigenvalue weighted by atomic mass is 9.98. The Morgan fingerprint density at radius 2 is 2.00 bits per heavy atom. The molecular formula is C12H20N2O4. The Morgan fingerprint density at radius 1 is 1.33 bits per heavy atom. The van der Waals surface area contributed by atoms with Crippen molar-refractivity contribution in [3.8, 4) is 11.8 Å². The Bertz CT molecular complexity index is 396. The first kappa shape index (κ1) is 14.7. The molecule has 6 heteroatoms. The van der Waals surface area contributed by atoms with Crippen molar-refractivity contribution in [1.82, 2.24) is 9.97 Å². The minimum Gasteiger partial charge on any atom is -0.480 e. The molecule has 1 aromatic rings. The van der Waals surface area contributed by atoms with Gasteiger partial charge in [-0.1, -0.05) is 0 Å². The van der Waals surface area contributed by atoms with Crippen molar-refractivity contribution in [3.05, 3.63) is 11.9 Å². The quantitative estimate of drug-likeness (QED) is 0.828. The maximum atomic E-state index is 10.3. The van der Waals surface area contributed by atoms with E-state index < -0.39 is 11.7 Å². The zero-order valence-corrected chi connectivity index (χ0v) is 11.4. The molecule has 0 aliphatic carbocycles. The minimum atomic E-state index is -0.939. The standard InChI is InChI=1S/C12H20N2O4/c1-6-18-12(2,3)10(15)9-11(17-5)14-8(16-4)7-13-9/h7,10,15H,6H2,1-5H3. The van der Waals surface area contributed by atoms with E-state index in [-0.39, 0.29) is 5.88 Å². The lowest BCUT2D eigenvalue weighted by molar-refractivity contribution is -0.101. The zero-order chi connectivity index (χ0) is 13.8. The molecule has 1 atom stereocenters. The smallest absolute Gasteiger partial charge is 0.241 e. The number of nitrogens with zero attached hydrogens (tertiary/aromatic N) is 2. The van der Waals surface area contributed by atoms with E-state index in [2.05, 4.69) is 9.97 Å². The van der Waals surface area contributed by atoms with Gasteiger partial charge in [0.15, 0.2) is 0 Å². The van der Waals surface area contributed by atoms with Crippen molar-refractivity contribution in [2.75, 3.05) is 20.8 Å². The van der Waals surface area contributed by atoms with Crippen LogP contribution in [0.5, 0.6) is 11.8 Å². The number of rotatable bonds is 6. The molecule has 1 unspecified atom stereocenters. The Balaban J connectivity index is 3.08. The van der Waals surface area contributed by atoms with Gasteiger partial charge in [0.2, 0.25) is 11.8 Å². The molecule has 1 heterocycles. The summed E-state index contributed by atoms with van der Waals surface area (Å²) in [5.74, 6) is 0.562. The van der Waals surface area contributed by atoms with Crippen LogP contribution in [0.3, 0.4) is 0 Å². The molecule has 0 aliphatic rings. The van der Waals surface area contributed by atoms with Crippen molar-refractivity contribution in [2.24, 2.45) is 0 Å². The third kappa shape index (κ3) is 3.08. The van der Waals surface area contributed by atoms with Gasteiger partial charge in [0.25, 0.3) is 0 Å². The second kappa shape index (κ2) is 5.97. The summed E-state index contributed by atoms with van der Waals surface area (Å²) in [7, 11) is 2.96. The largest absolute Gasteiger partial charge is 0.480 e. The van der Waals surface area contributed by atoms with E-state index in [1.807, 2.05) is 6.92 Å². The van der Waals surface area contributed by atoms with Gasteiger partial charge >= 0.3 is 0 Å². The molecule has 0 radical (unpaired) electrons.